The van der Waals surface area contributed by atoms with E-state index in [9.17, 15) is 18.8 Å². The van der Waals surface area contributed by atoms with E-state index in [1.54, 1.807) is 17.0 Å². The van der Waals surface area contributed by atoms with Crippen molar-refractivity contribution in [2.45, 2.75) is 83.5 Å². The molecule has 1 N–H and O–H groups in total. The van der Waals surface area contributed by atoms with E-state index in [1.807, 2.05) is 18.2 Å². The molecule has 3 fully saturated rings. The molecule has 3 amide bonds. The highest BCUT2D eigenvalue weighted by Gasteiger charge is 2.42. The molecule has 8 heteroatoms. The summed E-state index contributed by atoms with van der Waals surface area (Å²) in [5, 5.41) is 2.38. The average molecular weight is 571 g/mol. The van der Waals surface area contributed by atoms with Gasteiger partial charge in [0.1, 0.15) is 11.9 Å². The summed E-state index contributed by atoms with van der Waals surface area (Å²) in [4.78, 5) is 44.0. The van der Waals surface area contributed by atoms with Gasteiger partial charge in [0, 0.05) is 55.9 Å². The van der Waals surface area contributed by atoms with E-state index in [2.05, 4.69) is 41.1 Å². The molecule has 1 aliphatic carbocycles. The van der Waals surface area contributed by atoms with Crippen LogP contribution in [-0.4, -0.2) is 65.3 Å². The minimum atomic E-state index is -0.593. The summed E-state index contributed by atoms with van der Waals surface area (Å²) < 4.78 is 13.7. The summed E-state index contributed by atoms with van der Waals surface area (Å²) in [6.45, 7) is 7.95. The Morgan fingerprint density at radius 3 is 2.40 bits per heavy atom. The number of halogens is 1. The van der Waals surface area contributed by atoms with Crippen LogP contribution in [0.2, 0.25) is 0 Å². The number of amides is 3. The van der Waals surface area contributed by atoms with Crippen LogP contribution in [0.3, 0.4) is 0 Å². The molecule has 0 saturated carbocycles. The molecule has 0 spiro atoms. The van der Waals surface area contributed by atoms with E-state index in [4.69, 9.17) is 0 Å². The van der Waals surface area contributed by atoms with Crippen molar-refractivity contribution >= 4 is 29.0 Å². The third-order valence-corrected chi connectivity index (χ3v) is 10.3. The van der Waals surface area contributed by atoms with Crippen LogP contribution in [0.5, 0.6) is 0 Å². The molecule has 2 aromatic carbocycles. The smallest absolute Gasteiger partial charge is 0.255 e. The molecular formula is C34H39FN4O3. The molecule has 2 bridgehead atoms. The zero-order valence-electron chi connectivity index (χ0n) is 24.5. The van der Waals surface area contributed by atoms with Gasteiger partial charge in [0.2, 0.25) is 11.8 Å². The van der Waals surface area contributed by atoms with Crippen LogP contribution in [0.25, 0.3) is 5.57 Å². The van der Waals surface area contributed by atoms with Gasteiger partial charge in [-0.05, 0) is 91.0 Å². The Kier molecular flexibility index (Phi) is 6.72. The Hall–Kier alpha value is -3.52. The number of benzene rings is 2. The number of piperidine rings is 1. The molecule has 5 aliphatic rings. The normalized spacial score (nSPS) is 27.5. The molecule has 3 atom stereocenters. The number of nitrogens with one attached hydrogen (secondary N) is 1. The van der Waals surface area contributed by atoms with Gasteiger partial charge in [-0.15, -0.1) is 0 Å². The number of hydrogen-bond donors (Lipinski definition) is 1. The Bertz CT molecular complexity index is 1470. The minimum absolute atomic E-state index is 0.128. The Morgan fingerprint density at radius 2 is 1.69 bits per heavy atom. The van der Waals surface area contributed by atoms with Crippen molar-refractivity contribution < 1.29 is 18.8 Å². The first-order valence-corrected chi connectivity index (χ1v) is 15.4. The molecule has 7 rings (SSSR count). The zero-order chi connectivity index (χ0) is 29.2. The fraction of sp³-hybridized carbons (Fsp3) is 0.500. The number of nitrogens with zero attached hydrogens (tertiary/aromatic N) is 3. The van der Waals surface area contributed by atoms with E-state index in [-0.39, 0.29) is 35.4 Å². The zero-order valence-corrected chi connectivity index (χ0v) is 24.5. The van der Waals surface area contributed by atoms with Gasteiger partial charge in [-0.25, -0.2) is 4.39 Å². The second-order valence-electron chi connectivity index (χ2n) is 13.6. The number of hydrogen-bond acceptors (Lipinski definition) is 5. The lowest BCUT2D eigenvalue weighted by molar-refractivity contribution is -0.136. The summed E-state index contributed by atoms with van der Waals surface area (Å²) in [7, 11) is 0. The SMILES string of the molecule is CC1(C)CCC(CN2C3CCC2CN(c2ccc4c(c2)CN(C2CCC(=O)NC2=O)C4=O)C3)=C(c2ccc(F)cc2)C1. The van der Waals surface area contributed by atoms with Crippen molar-refractivity contribution in [3.63, 3.8) is 0 Å². The van der Waals surface area contributed by atoms with Crippen LogP contribution in [0.4, 0.5) is 10.1 Å². The predicted molar refractivity (Wildman–Crippen MR) is 159 cm³/mol. The first-order valence-electron chi connectivity index (χ1n) is 15.4. The third-order valence-electron chi connectivity index (χ3n) is 10.3. The van der Waals surface area contributed by atoms with Gasteiger partial charge in [0.05, 0.1) is 0 Å². The number of piperazine rings is 1. The summed E-state index contributed by atoms with van der Waals surface area (Å²) >= 11 is 0. The van der Waals surface area contributed by atoms with Gasteiger partial charge in [0.15, 0.2) is 0 Å². The molecule has 220 valence electrons. The number of imide groups is 1. The van der Waals surface area contributed by atoms with Gasteiger partial charge in [-0.1, -0.05) is 31.6 Å². The lowest BCUT2D eigenvalue weighted by Gasteiger charge is -2.44. The quantitative estimate of drug-likeness (QED) is 0.518. The van der Waals surface area contributed by atoms with Gasteiger partial charge < -0.3 is 9.80 Å². The predicted octanol–water partition coefficient (Wildman–Crippen LogP) is 4.90. The number of allylic oxidation sites excluding steroid dienone is 1. The number of rotatable bonds is 5. The molecule has 7 nitrogen and oxygen atoms in total. The second-order valence-corrected chi connectivity index (χ2v) is 13.6. The van der Waals surface area contributed by atoms with Crippen LogP contribution in [0.1, 0.15) is 80.3 Å². The third kappa shape index (κ3) is 4.93. The molecule has 3 unspecified atom stereocenters. The van der Waals surface area contributed by atoms with E-state index in [0.717, 1.165) is 49.3 Å². The molecule has 42 heavy (non-hydrogen) atoms. The number of carbonyl (C=O) groups excluding carboxylic acids is 3. The average Bonchev–Trinajstić information content (AvgIpc) is 3.39. The van der Waals surface area contributed by atoms with Crippen LogP contribution in [0, 0.1) is 11.2 Å². The largest absolute Gasteiger partial charge is 0.368 e. The maximum atomic E-state index is 13.7. The van der Waals surface area contributed by atoms with Gasteiger partial charge in [0.25, 0.3) is 5.91 Å². The summed E-state index contributed by atoms with van der Waals surface area (Å²) in [5.41, 5.74) is 7.06. The lowest BCUT2D eigenvalue weighted by atomic mass is 9.72. The van der Waals surface area contributed by atoms with Crippen molar-refractivity contribution in [1.29, 1.82) is 0 Å². The highest BCUT2D eigenvalue weighted by Crippen LogP contribution is 2.44. The molecule has 2 aromatic rings. The molecule has 3 saturated heterocycles. The van der Waals surface area contributed by atoms with Crippen molar-refractivity contribution in [3.8, 4) is 0 Å². The molecule has 4 aliphatic heterocycles. The monoisotopic (exact) mass is 570 g/mol. The standard InChI is InChI=1S/C34H39FN4O3/c1-34(2)14-13-22(29(16-34)21-3-5-24(35)6-4-21)17-38-26-7-8-27(38)20-37(19-26)25-9-10-28-23(15-25)18-39(33(28)42)30-11-12-31(40)36-32(30)41/h3-6,9-10,15,26-27,30H,7-8,11-14,16-20H2,1-2H3,(H,36,40,41). The summed E-state index contributed by atoms with van der Waals surface area (Å²) in [6.07, 6.45) is 6.27. The lowest BCUT2D eigenvalue weighted by Crippen LogP contribution is -2.54. The number of anilines is 1. The van der Waals surface area contributed by atoms with Crippen molar-refractivity contribution in [2.24, 2.45) is 5.41 Å². The Labute approximate surface area is 246 Å². The second kappa shape index (κ2) is 10.3. The number of fused-ring (bicyclic) bond motifs is 3. The van der Waals surface area contributed by atoms with Crippen LogP contribution in [-0.2, 0) is 16.1 Å². The van der Waals surface area contributed by atoms with Crippen LogP contribution < -0.4 is 10.2 Å². The molecule has 4 heterocycles. The van der Waals surface area contributed by atoms with E-state index in [0.29, 0.717) is 30.6 Å². The molecular weight excluding hydrogens is 531 g/mol. The molecule has 0 radical (unpaired) electrons. The minimum Gasteiger partial charge on any atom is -0.368 e. The highest BCUT2D eigenvalue weighted by molar-refractivity contribution is 6.05. The summed E-state index contributed by atoms with van der Waals surface area (Å²) in [6, 6.07) is 13.5. The van der Waals surface area contributed by atoms with Crippen molar-refractivity contribution in [3.05, 3.63) is 70.5 Å². The van der Waals surface area contributed by atoms with E-state index < -0.39 is 6.04 Å². The van der Waals surface area contributed by atoms with Gasteiger partial charge in [-0.3, -0.25) is 24.6 Å². The van der Waals surface area contributed by atoms with Gasteiger partial charge >= 0.3 is 0 Å². The maximum Gasteiger partial charge on any atom is 0.255 e. The Morgan fingerprint density at radius 1 is 0.952 bits per heavy atom. The Balaban J connectivity index is 1.07. The molecule has 0 aromatic heterocycles. The van der Waals surface area contributed by atoms with Crippen LogP contribution in [0.15, 0.2) is 48.0 Å². The fourth-order valence-corrected chi connectivity index (χ4v) is 7.90. The highest BCUT2D eigenvalue weighted by atomic mass is 19.1. The van der Waals surface area contributed by atoms with E-state index >= 15 is 0 Å². The first kappa shape index (κ1) is 27.3. The first-order chi connectivity index (χ1) is 20.1. The topological polar surface area (TPSA) is 73.0 Å². The van der Waals surface area contributed by atoms with Crippen molar-refractivity contribution in [1.82, 2.24) is 15.1 Å². The fourth-order valence-electron chi connectivity index (χ4n) is 7.90. The van der Waals surface area contributed by atoms with Gasteiger partial charge in [-0.2, -0.15) is 0 Å². The van der Waals surface area contributed by atoms with Crippen molar-refractivity contribution in [2.75, 3.05) is 24.5 Å². The van der Waals surface area contributed by atoms with E-state index in [1.165, 1.54) is 30.4 Å². The van der Waals surface area contributed by atoms with Crippen LogP contribution >= 0.6 is 0 Å². The number of carbonyl (C=O) groups is 3. The summed E-state index contributed by atoms with van der Waals surface area (Å²) in [5.74, 6) is -0.965. The maximum absolute atomic E-state index is 13.7.